The fraction of sp³-hybridized carbons (Fsp3) is 0.429. The molecule has 1 rings (SSSR count). The van der Waals surface area contributed by atoms with Crippen LogP contribution in [-0.4, -0.2) is 5.11 Å². The topological polar surface area (TPSA) is 46.2 Å². The van der Waals surface area contributed by atoms with Gasteiger partial charge in [-0.2, -0.15) is 0 Å². The molecule has 1 aromatic rings. The van der Waals surface area contributed by atoms with Gasteiger partial charge in [0, 0.05) is 10.9 Å². The van der Waals surface area contributed by atoms with Crippen LogP contribution in [0, 0.1) is 0 Å². The Hall–Kier alpha value is -0.380. The van der Waals surface area contributed by atoms with Crippen molar-refractivity contribution in [2.45, 2.75) is 19.6 Å². The van der Waals surface area contributed by atoms with Gasteiger partial charge in [0.25, 0.3) is 0 Å². The van der Waals surface area contributed by atoms with Gasteiger partial charge in [-0.15, -0.1) is 11.3 Å². The molecule has 1 atom stereocenters. The van der Waals surface area contributed by atoms with Crippen LogP contribution in [0.3, 0.4) is 0 Å². The third-order valence-electron chi connectivity index (χ3n) is 1.41. The Morgan fingerprint density at radius 1 is 1.80 bits per heavy atom. The summed E-state index contributed by atoms with van der Waals surface area (Å²) in [6, 6.07) is 1.99. The Bertz CT molecular complexity index is 207. The van der Waals surface area contributed by atoms with Crippen molar-refractivity contribution in [1.82, 2.24) is 0 Å². The SMILES string of the molecule is CC(N)c1ccsc1CO. The van der Waals surface area contributed by atoms with Crippen LogP contribution in [0.1, 0.15) is 23.4 Å². The molecule has 0 spiro atoms. The van der Waals surface area contributed by atoms with Crippen molar-refractivity contribution in [3.05, 3.63) is 21.9 Å². The summed E-state index contributed by atoms with van der Waals surface area (Å²) in [6.45, 7) is 2.02. The van der Waals surface area contributed by atoms with Crippen LogP contribution in [0.2, 0.25) is 0 Å². The molecule has 0 aromatic carbocycles. The molecule has 0 amide bonds. The molecular weight excluding hydrogens is 146 g/mol. The molecule has 0 aliphatic carbocycles. The standard InChI is InChI=1S/C7H11NOS/c1-5(8)6-2-3-10-7(6)4-9/h2-3,5,9H,4,8H2,1H3. The van der Waals surface area contributed by atoms with E-state index in [1.165, 1.54) is 0 Å². The lowest BCUT2D eigenvalue weighted by atomic mass is 10.1. The van der Waals surface area contributed by atoms with Gasteiger partial charge in [-0.25, -0.2) is 0 Å². The van der Waals surface area contributed by atoms with Crippen LogP contribution >= 0.6 is 11.3 Å². The zero-order valence-electron chi connectivity index (χ0n) is 5.87. The van der Waals surface area contributed by atoms with E-state index in [2.05, 4.69) is 0 Å². The van der Waals surface area contributed by atoms with Crippen molar-refractivity contribution in [2.24, 2.45) is 5.73 Å². The van der Waals surface area contributed by atoms with Gasteiger partial charge in [-0.3, -0.25) is 0 Å². The molecule has 3 N–H and O–H groups in total. The van der Waals surface area contributed by atoms with Crippen LogP contribution in [0.5, 0.6) is 0 Å². The van der Waals surface area contributed by atoms with Gasteiger partial charge in [0.1, 0.15) is 0 Å². The maximum Gasteiger partial charge on any atom is 0.0777 e. The summed E-state index contributed by atoms with van der Waals surface area (Å²) in [7, 11) is 0. The van der Waals surface area contributed by atoms with E-state index in [-0.39, 0.29) is 12.6 Å². The Balaban J connectivity index is 2.90. The fourth-order valence-corrected chi connectivity index (χ4v) is 1.73. The van der Waals surface area contributed by atoms with Crippen LogP contribution < -0.4 is 5.73 Å². The summed E-state index contributed by atoms with van der Waals surface area (Å²) in [4.78, 5) is 0.981. The largest absolute Gasteiger partial charge is 0.391 e. The highest BCUT2D eigenvalue weighted by atomic mass is 32.1. The lowest BCUT2D eigenvalue weighted by Gasteiger charge is -2.03. The minimum Gasteiger partial charge on any atom is -0.391 e. The lowest BCUT2D eigenvalue weighted by Crippen LogP contribution is -2.05. The molecule has 0 saturated carbocycles. The number of hydrogen-bond acceptors (Lipinski definition) is 3. The van der Waals surface area contributed by atoms with Crippen molar-refractivity contribution in [3.8, 4) is 0 Å². The first-order valence-corrected chi connectivity index (χ1v) is 4.06. The highest BCUT2D eigenvalue weighted by molar-refractivity contribution is 7.10. The average Bonchev–Trinajstić information content (AvgIpc) is 2.33. The maximum atomic E-state index is 8.81. The van der Waals surface area contributed by atoms with Gasteiger partial charge >= 0.3 is 0 Å². The second kappa shape index (κ2) is 3.14. The number of aliphatic hydroxyl groups is 1. The van der Waals surface area contributed by atoms with Gasteiger partial charge in [-0.1, -0.05) is 0 Å². The molecule has 0 aliphatic rings. The monoisotopic (exact) mass is 157 g/mol. The number of rotatable bonds is 2. The van der Waals surface area contributed by atoms with E-state index >= 15 is 0 Å². The minimum absolute atomic E-state index is 0.0356. The summed E-state index contributed by atoms with van der Waals surface area (Å²) in [5, 5.41) is 10.8. The second-order valence-electron chi connectivity index (χ2n) is 2.25. The van der Waals surface area contributed by atoms with Crippen molar-refractivity contribution in [2.75, 3.05) is 0 Å². The van der Waals surface area contributed by atoms with Gasteiger partial charge in [0.05, 0.1) is 6.61 Å². The Labute approximate surface area is 64.3 Å². The van der Waals surface area contributed by atoms with Gasteiger partial charge in [-0.05, 0) is 23.9 Å². The van der Waals surface area contributed by atoms with Crippen LogP contribution in [-0.2, 0) is 6.61 Å². The first kappa shape index (κ1) is 7.72. The van der Waals surface area contributed by atoms with Crippen molar-refractivity contribution in [1.29, 1.82) is 0 Å². The minimum atomic E-state index is 0.0356. The fourth-order valence-electron chi connectivity index (χ4n) is 0.885. The normalized spacial score (nSPS) is 13.5. The average molecular weight is 157 g/mol. The Morgan fingerprint density at radius 3 is 2.90 bits per heavy atom. The molecule has 3 heteroatoms. The molecule has 1 aromatic heterocycles. The Morgan fingerprint density at radius 2 is 2.50 bits per heavy atom. The molecule has 2 nitrogen and oxygen atoms in total. The number of hydrogen-bond donors (Lipinski definition) is 2. The predicted octanol–water partition coefficient (Wildman–Crippen LogP) is 1.26. The summed E-state index contributed by atoms with van der Waals surface area (Å²) in [6.07, 6.45) is 0. The van der Waals surface area contributed by atoms with Crippen molar-refractivity contribution >= 4 is 11.3 Å². The zero-order valence-corrected chi connectivity index (χ0v) is 6.69. The van der Waals surface area contributed by atoms with Crippen molar-refractivity contribution < 1.29 is 5.11 Å². The van der Waals surface area contributed by atoms with Gasteiger partial charge in [0.2, 0.25) is 0 Å². The molecule has 10 heavy (non-hydrogen) atoms. The highest BCUT2D eigenvalue weighted by Crippen LogP contribution is 2.21. The predicted molar refractivity (Wildman–Crippen MR) is 42.8 cm³/mol. The first-order valence-electron chi connectivity index (χ1n) is 3.18. The number of nitrogens with two attached hydrogens (primary N) is 1. The molecular formula is C7H11NOS. The molecule has 1 unspecified atom stereocenters. The smallest absolute Gasteiger partial charge is 0.0777 e. The summed E-state index contributed by atoms with van der Waals surface area (Å²) in [5.74, 6) is 0. The zero-order chi connectivity index (χ0) is 7.56. The third kappa shape index (κ3) is 1.37. The number of aliphatic hydroxyl groups excluding tert-OH is 1. The van der Waals surface area contributed by atoms with E-state index in [0.29, 0.717) is 0 Å². The summed E-state index contributed by atoms with van der Waals surface area (Å²) >= 11 is 1.55. The van der Waals surface area contributed by atoms with E-state index < -0.39 is 0 Å². The first-order chi connectivity index (χ1) is 4.75. The third-order valence-corrected chi connectivity index (χ3v) is 2.34. The molecule has 1 heterocycles. The van der Waals surface area contributed by atoms with E-state index in [4.69, 9.17) is 10.8 Å². The van der Waals surface area contributed by atoms with E-state index in [1.807, 2.05) is 18.4 Å². The van der Waals surface area contributed by atoms with Crippen LogP contribution in [0.15, 0.2) is 11.4 Å². The quantitative estimate of drug-likeness (QED) is 0.679. The summed E-state index contributed by atoms with van der Waals surface area (Å²) < 4.78 is 0. The molecule has 0 bridgehead atoms. The van der Waals surface area contributed by atoms with E-state index in [1.54, 1.807) is 11.3 Å². The molecule has 0 fully saturated rings. The second-order valence-corrected chi connectivity index (χ2v) is 3.25. The maximum absolute atomic E-state index is 8.81. The lowest BCUT2D eigenvalue weighted by molar-refractivity contribution is 0.284. The van der Waals surface area contributed by atoms with E-state index in [9.17, 15) is 0 Å². The summed E-state index contributed by atoms with van der Waals surface area (Å²) in [5.41, 5.74) is 6.69. The van der Waals surface area contributed by atoms with Gasteiger partial charge < -0.3 is 10.8 Å². The van der Waals surface area contributed by atoms with Gasteiger partial charge in [0.15, 0.2) is 0 Å². The van der Waals surface area contributed by atoms with E-state index in [0.717, 1.165) is 10.4 Å². The van der Waals surface area contributed by atoms with Crippen LogP contribution in [0.25, 0.3) is 0 Å². The number of thiophene rings is 1. The molecule has 0 radical (unpaired) electrons. The molecule has 0 saturated heterocycles. The Kier molecular flexibility index (Phi) is 2.43. The van der Waals surface area contributed by atoms with Crippen LogP contribution in [0.4, 0.5) is 0 Å². The highest BCUT2D eigenvalue weighted by Gasteiger charge is 2.05. The molecule has 0 aliphatic heterocycles. The molecule has 56 valence electrons. The van der Waals surface area contributed by atoms with Crippen molar-refractivity contribution in [3.63, 3.8) is 0 Å².